The van der Waals surface area contributed by atoms with Gasteiger partial charge in [-0.15, -0.1) is 0 Å². The van der Waals surface area contributed by atoms with Crippen molar-refractivity contribution in [2.24, 2.45) is 16.5 Å². The number of aromatic nitrogens is 1. The van der Waals surface area contributed by atoms with Gasteiger partial charge in [0.05, 0.1) is 0 Å². The molecule has 0 radical (unpaired) electrons. The summed E-state index contributed by atoms with van der Waals surface area (Å²) in [6.07, 6.45) is 3.15. The molecule has 0 unspecified atom stereocenters. The third kappa shape index (κ3) is 1.74. The molecule has 0 bridgehead atoms. The Kier molecular flexibility index (Phi) is 2.57. The van der Waals surface area contributed by atoms with Gasteiger partial charge in [0, 0.05) is 29.1 Å². The number of pyridine rings is 1. The van der Waals surface area contributed by atoms with E-state index in [0.717, 1.165) is 11.1 Å². The molecule has 1 aromatic carbocycles. The van der Waals surface area contributed by atoms with Crippen molar-refractivity contribution in [1.82, 2.24) is 4.98 Å². The number of amides is 1. The molecule has 20 heavy (non-hydrogen) atoms. The first-order chi connectivity index (χ1) is 9.58. The fraction of sp³-hybridized carbons (Fsp3) is 0. The van der Waals surface area contributed by atoms with Crippen LogP contribution in [-0.4, -0.2) is 22.6 Å². The summed E-state index contributed by atoms with van der Waals surface area (Å²) < 4.78 is 0. The predicted molar refractivity (Wildman–Crippen MR) is 73.2 cm³/mol. The molecule has 1 aliphatic carbocycles. The van der Waals surface area contributed by atoms with Crippen molar-refractivity contribution in [2.45, 2.75) is 0 Å². The molecule has 0 fully saturated rings. The highest BCUT2D eigenvalue weighted by atomic mass is 16.1. The maximum Gasteiger partial charge on any atom is 0.280 e. The lowest BCUT2D eigenvalue weighted by molar-refractivity contribution is 0.100. The van der Waals surface area contributed by atoms with Crippen molar-refractivity contribution < 1.29 is 9.59 Å². The molecule has 1 aliphatic rings. The minimum atomic E-state index is -0.574. The molecular weight excluding hydrogens is 256 g/mol. The van der Waals surface area contributed by atoms with Crippen molar-refractivity contribution in [3.8, 4) is 11.1 Å². The Hall–Kier alpha value is -3.02. The Morgan fingerprint density at radius 1 is 1.05 bits per heavy atom. The molecule has 1 aromatic heterocycles. The summed E-state index contributed by atoms with van der Waals surface area (Å²) in [6, 6.07) is 6.59. The Labute approximate surface area is 114 Å². The van der Waals surface area contributed by atoms with Gasteiger partial charge in [-0.05, 0) is 29.3 Å². The predicted octanol–water partition coefficient (Wildman–Crippen LogP) is 0.707. The number of guanidine groups is 1. The highest BCUT2D eigenvalue weighted by Gasteiger charge is 2.27. The SMILES string of the molecule is NC(N)=NC(=O)c1ccc2c(c1)C(=O)c1cnccc1-2. The lowest BCUT2D eigenvalue weighted by Gasteiger charge is -2.01. The molecule has 0 spiro atoms. The van der Waals surface area contributed by atoms with E-state index in [1.807, 2.05) is 0 Å². The molecule has 0 aliphatic heterocycles. The van der Waals surface area contributed by atoms with Gasteiger partial charge in [0.25, 0.3) is 5.91 Å². The van der Waals surface area contributed by atoms with E-state index in [9.17, 15) is 9.59 Å². The minimum absolute atomic E-state index is 0.151. The summed E-state index contributed by atoms with van der Waals surface area (Å²) in [7, 11) is 0. The molecule has 2 aromatic rings. The van der Waals surface area contributed by atoms with Crippen molar-refractivity contribution in [3.63, 3.8) is 0 Å². The lowest BCUT2D eigenvalue weighted by atomic mass is 10.0. The molecule has 1 heterocycles. The van der Waals surface area contributed by atoms with Crippen molar-refractivity contribution >= 4 is 17.6 Å². The van der Waals surface area contributed by atoms with Gasteiger partial charge < -0.3 is 11.5 Å². The number of carbonyl (C=O) groups excluding carboxylic acids is 2. The van der Waals surface area contributed by atoms with Gasteiger partial charge in [-0.3, -0.25) is 14.6 Å². The zero-order valence-electron chi connectivity index (χ0n) is 10.3. The zero-order valence-corrected chi connectivity index (χ0v) is 10.3. The maximum absolute atomic E-state index is 12.2. The smallest absolute Gasteiger partial charge is 0.280 e. The van der Waals surface area contributed by atoms with E-state index in [2.05, 4.69) is 9.98 Å². The van der Waals surface area contributed by atoms with Gasteiger partial charge in [-0.1, -0.05) is 6.07 Å². The van der Waals surface area contributed by atoms with Crippen molar-refractivity contribution in [3.05, 3.63) is 53.3 Å². The summed E-state index contributed by atoms with van der Waals surface area (Å²) in [5, 5.41) is 0. The number of carbonyl (C=O) groups is 2. The van der Waals surface area contributed by atoms with Crippen LogP contribution in [0.25, 0.3) is 11.1 Å². The topological polar surface area (TPSA) is 111 Å². The van der Waals surface area contributed by atoms with Crippen LogP contribution in [0.5, 0.6) is 0 Å². The number of benzene rings is 1. The Balaban J connectivity index is 2.11. The average molecular weight is 266 g/mol. The van der Waals surface area contributed by atoms with Gasteiger partial charge in [0.15, 0.2) is 11.7 Å². The second kappa shape index (κ2) is 4.27. The van der Waals surface area contributed by atoms with Crippen LogP contribution >= 0.6 is 0 Å². The number of nitrogens with zero attached hydrogens (tertiary/aromatic N) is 2. The summed E-state index contributed by atoms with van der Waals surface area (Å²) in [5.41, 5.74) is 13.2. The molecule has 0 atom stereocenters. The minimum Gasteiger partial charge on any atom is -0.370 e. The first kappa shape index (κ1) is 12.0. The van der Waals surface area contributed by atoms with Gasteiger partial charge in [0.1, 0.15) is 0 Å². The zero-order chi connectivity index (χ0) is 14.3. The number of hydrogen-bond donors (Lipinski definition) is 2. The van der Waals surface area contributed by atoms with Crippen molar-refractivity contribution in [2.75, 3.05) is 0 Å². The van der Waals surface area contributed by atoms with Crippen LogP contribution in [0.15, 0.2) is 41.7 Å². The first-order valence-electron chi connectivity index (χ1n) is 5.85. The van der Waals surface area contributed by atoms with Crippen LogP contribution < -0.4 is 11.5 Å². The van der Waals surface area contributed by atoms with Crippen LogP contribution in [0.3, 0.4) is 0 Å². The summed E-state index contributed by atoms with van der Waals surface area (Å²) in [4.78, 5) is 31.4. The van der Waals surface area contributed by atoms with E-state index in [0.29, 0.717) is 11.1 Å². The Morgan fingerprint density at radius 3 is 2.55 bits per heavy atom. The van der Waals surface area contributed by atoms with Gasteiger partial charge >= 0.3 is 0 Å². The number of rotatable bonds is 1. The average Bonchev–Trinajstić information content (AvgIpc) is 2.72. The van der Waals surface area contributed by atoms with Crippen LogP contribution in [0.4, 0.5) is 0 Å². The lowest BCUT2D eigenvalue weighted by Crippen LogP contribution is -2.24. The molecule has 4 N–H and O–H groups in total. The number of aliphatic imine (C=N–C) groups is 1. The van der Waals surface area contributed by atoms with E-state index >= 15 is 0 Å². The Bertz CT molecular complexity index is 776. The molecule has 1 amide bonds. The highest BCUT2D eigenvalue weighted by molar-refractivity contribution is 6.22. The second-order valence-corrected chi connectivity index (χ2v) is 4.35. The van der Waals surface area contributed by atoms with Gasteiger partial charge in [-0.25, -0.2) is 0 Å². The largest absolute Gasteiger partial charge is 0.370 e. The van der Waals surface area contributed by atoms with Crippen LogP contribution in [0, 0.1) is 0 Å². The molecule has 6 nitrogen and oxygen atoms in total. The summed E-state index contributed by atoms with van der Waals surface area (Å²) >= 11 is 0. The molecular formula is C14H10N4O2. The van der Waals surface area contributed by atoms with E-state index in [-0.39, 0.29) is 17.3 Å². The summed E-state index contributed by atoms with van der Waals surface area (Å²) in [6.45, 7) is 0. The molecule has 6 heteroatoms. The normalized spacial score (nSPS) is 11.7. The van der Waals surface area contributed by atoms with E-state index < -0.39 is 5.91 Å². The van der Waals surface area contributed by atoms with Crippen LogP contribution in [0.1, 0.15) is 26.3 Å². The monoisotopic (exact) mass is 266 g/mol. The van der Waals surface area contributed by atoms with Gasteiger partial charge in [-0.2, -0.15) is 4.99 Å². The van der Waals surface area contributed by atoms with E-state index in [1.165, 1.54) is 12.3 Å². The van der Waals surface area contributed by atoms with Crippen LogP contribution in [0.2, 0.25) is 0 Å². The maximum atomic E-state index is 12.2. The molecule has 0 saturated carbocycles. The fourth-order valence-corrected chi connectivity index (χ4v) is 2.24. The molecule has 3 rings (SSSR count). The standard InChI is InChI=1S/C14H10N4O2/c15-14(16)18-13(20)7-1-2-8-9-3-4-17-6-11(9)12(19)10(8)5-7/h1-6H,(H4,15,16,18,20). The quantitative estimate of drug-likeness (QED) is 0.497. The van der Waals surface area contributed by atoms with Crippen LogP contribution in [-0.2, 0) is 0 Å². The third-order valence-electron chi connectivity index (χ3n) is 3.10. The number of fused-ring (bicyclic) bond motifs is 3. The highest BCUT2D eigenvalue weighted by Crippen LogP contribution is 2.36. The first-order valence-corrected chi connectivity index (χ1v) is 5.85. The molecule has 98 valence electrons. The third-order valence-corrected chi connectivity index (χ3v) is 3.10. The van der Waals surface area contributed by atoms with E-state index in [1.54, 1.807) is 24.4 Å². The fourth-order valence-electron chi connectivity index (χ4n) is 2.24. The van der Waals surface area contributed by atoms with Gasteiger partial charge in [0.2, 0.25) is 0 Å². The number of ketones is 1. The second-order valence-electron chi connectivity index (χ2n) is 4.35. The number of nitrogens with two attached hydrogens (primary N) is 2. The Morgan fingerprint density at radius 2 is 1.80 bits per heavy atom. The van der Waals surface area contributed by atoms with E-state index in [4.69, 9.17) is 11.5 Å². The van der Waals surface area contributed by atoms with Crippen molar-refractivity contribution in [1.29, 1.82) is 0 Å². The number of hydrogen-bond acceptors (Lipinski definition) is 3. The molecule has 0 saturated heterocycles. The summed E-state index contributed by atoms with van der Waals surface area (Å²) in [5.74, 6) is -1.04.